The molecule has 0 radical (unpaired) electrons. The Balaban J connectivity index is 1.61. The molecule has 3 rings (SSSR count). The number of aryl methyl sites for hydroxylation is 1. The van der Waals surface area contributed by atoms with E-state index >= 15 is 0 Å². The average molecular weight is 384 g/mol. The Morgan fingerprint density at radius 3 is 2.11 bits per heavy atom. The molecule has 140 valence electrons. The molecule has 0 saturated heterocycles. The Bertz CT molecular complexity index is 987. The number of rotatable bonds is 7. The zero-order valence-corrected chi connectivity index (χ0v) is 15.8. The summed E-state index contributed by atoms with van der Waals surface area (Å²) in [7, 11) is -2.07. The molecule has 1 heterocycles. The van der Waals surface area contributed by atoms with Crippen molar-refractivity contribution in [1.82, 2.24) is 10.2 Å². The van der Waals surface area contributed by atoms with Crippen LogP contribution in [0.5, 0.6) is 5.75 Å². The van der Waals surface area contributed by atoms with Crippen molar-refractivity contribution < 1.29 is 13.2 Å². The quantitative estimate of drug-likeness (QED) is 0.650. The van der Waals surface area contributed by atoms with E-state index < -0.39 is 10.0 Å². The van der Waals surface area contributed by atoms with Gasteiger partial charge in [0.1, 0.15) is 11.6 Å². The number of hydrogen-bond acceptors (Lipinski definition) is 6. The van der Waals surface area contributed by atoms with Crippen LogP contribution in [0.25, 0.3) is 0 Å². The molecule has 2 N–H and O–H groups in total. The number of hydrogen-bond donors (Lipinski definition) is 2. The summed E-state index contributed by atoms with van der Waals surface area (Å²) < 4.78 is 32.3. The molecular formula is C19H20N4O3S. The molecule has 3 aromatic rings. The van der Waals surface area contributed by atoms with Gasteiger partial charge in [-0.15, -0.1) is 10.2 Å². The van der Waals surface area contributed by atoms with Crippen LogP contribution in [0, 0.1) is 6.92 Å². The smallest absolute Gasteiger partial charge is 0.263 e. The van der Waals surface area contributed by atoms with Crippen molar-refractivity contribution in [3.05, 3.63) is 71.8 Å². The van der Waals surface area contributed by atoms with Gasteiger partial charge in [-0.2, -0.15) is 0 Å². The van der Waals surface area contributed by atoms with Crippen LogP contribution in [0.2, 0.25) is 0 Å². The minimum atomic E-state index is -3.69. The lowest BCUT2D eigenvalue weighted by atomic mass is 10.2. The van der Waals surface area contributed by atoms with Gasteiger partial charge in [-0.05, 0) is 48.9 Å². The summed E-state index contributed by atoms with van der Waals surface area (Å²) in [6.45, 7) is 2.46. The highest BCUT2D eigenvalue weighted by molar-refractivity contribution is 7.92. The lowest BCUT2D eigenvalue weighted by molar-refractivity contribution is 0.414. The number of sulfonamides is 1. The summed E-state index contributed by atoms with van der Waals surface area (Å²) >= 11 is 0. The predicted octanol–water partition coefficient (Wildman–Crippen LogP) is 3.21. The first-order valence-electron chi connectivity index (χ1n) is 8.26. The predicted molar refractivity (Wildman–Crippen MR) is 104 cm³/mol. The zero-order valence-electron chi connectivity index (χ0n) is 15.0. The summed E-state index contributed by atoms with van der Waals surface area (Å²) in [5.74, 6) is 1.50. The normalized spacial score (nSPS) is 11.0. The largest absolute Gasteiger partial charge is 0.497 e. The summed E-state index contributed by atoms with van der Waals surface area (Å²) in [6.07, 6.45) is 0. The summed E-state index contributed by atoms with van der Waals surface area (Å²) in [4.78, 5) is 0.177. The van der Waals surface area contributed by atoms with Crippen molar-refractivity contribution in [3.63, 3.8) is 0 Å². The van der Waals surface area contributed by atoms with Crippen LogP contribution in [-0.2, 0) is 16.6 Å². The van der Waals surface area contributed by atoms with Crippen LogP contribution in [0.15, 0.2) is 65.6 Å². The van der Waals surface area contributed by atoms with Crippen LogP contribution in [0.4, 0.5) is 11.6 Å². The van der Waals surface area contributed by atoms with Crippen LogP contribution < -0.4 is 14.8 Å². The van der Waals surface area contributed by atoms with Gasteiger partial charge in [-0.25, -0.2) is 8.42 Å². The summed E-state index contributed by atoms with van der Waals surface area (Å²) in [6, 6.07) is 17.5. The Labute approximate surface area is 158 Å². The number of benzene rings is 2. The standard InChI is InChI=1S/C19H20N4O3S/c1-14-3-9-17(10-4-14)27(24,25)23-19-12-11-18(21-22-19)20-13-15-5-7-16(26-2)8-6-15/h3-12H,13H2,1-2H3,(H,20,21)(H,22,23). The van der Waals surface area contributed by atoms with E-state index in [0.717, 1.165) is 16.9 Å². The Kier molecular flexibility index (Phi) is 5.56. The van der Waals surface area contributed by atoms with Crippen molar-refractivity contribution in [1.29, 1.82) is 0 Å². The molecule has 0 aliphatic rings. The molecule has 7 nitrogen and oxygen atoms in total. The Hall–Kier alpha value is -3.13. The van der Waals surface area contributed by atoms with Gasteiger partial charge in [0.05, 0.1) is 12.0 Å². The van der Waals surface area contributed by atoms with E-state index in [1.807, 2.05) is 31.2 Å². The highest BCUT2D eigenvalue weighted by Gasteiger charge is 2.14. The molecule has 8 heteroatoms. The molecule has 0 fully saturated rings. The van der Waals surface area contributed by atoms with Crippen molar-refractivity contribution in [2.75, 3.05) is 17.1 Å². The Morgan fingerprint density at radius 2 is 1.52 bits per heavy atom. The molecule has 0 unspecified atom stereocenters. The number of nitrogens with zero attached hydrogens (tertiary/aromatic N) is 2. The van der Waals surface area contributed by atoms with E-state index in [1.54, 1.807) is 43.5 Å². The van der Waals surface area contributed by atoms with Crippen LogP contribution in [0.1, 0.15) is 11.1 Å². The second kappa shape index (κ2) is 8.05. The van der Waals surface area contributed by atoms with Gasteiger partial charge in [-0.1, -0.05) is 29.8 Å². The van der Waals surface area contributed by atoms with Gasteiger partial charge < -0.3 is 10.1 Å². The van der Waals surface area contributed by atoms with E-state index in [9.17, 15) is 8.42 Å². The minimum Gasteiger partial charge on any atom is -0.497 e. The number of nitrogens with one attached hydrogen (secondary N) is 2. The van der Waals surface area contributed by atoms with E-state index in [4.69, 9.17) is 4.74 Å². The first-order valence-corrected chi connectivity index (χ1v) is 9.74. The van der Waals surface area contributed by atoms with E-state index in [-0.39, 0.29) is 10.7 Å². The maximum Gasteiger partial charge on any atom is 0.263 e. The van der Waals surface area contributed by atoms with Gasteiger partial charge in [0.15, 0.2) is 5.82 Å². The number of ether oxygens (including phenoxy) is 1. The van der Waals surface area contributed by atoms with E-state index in [1.165, 1.54) is 0 Å². The topological polar surface area (TPSA) is 93.2 Å². The molecule has 0 spiro atoms. The first kappa shape index (κ1) is 18.7. The van der Waals surface area contributed by atoms with Crippen molar-refractivity contribution in [2.24, 2.45) is 0 Å². The number of anilines is 2. The Morgan fingerprint density at radius 1 is 0.889 bits per heavy atom. The maximum atomic E-state index is 12.4. The number of aromatic nitrogens is 2. The molecule has 0 saturated carbocycles. The van der Waals surface area contributed by atoms with Gasteiger partial charge >= 0.3 is 0 Å². The lowest BCUT2D eigenvalue weighted by Crippen LogP contribution is -2.14. The van der Waals surface area contributed by atoms with Crippen molar-refractivity contribution >= 4 is 21.7 Å². The second-order valence-electron chi connectivity index (χ2n) is 5.92. The minimum absolute atomic E-state index is 0.158. The average Bonchev–Trinajstić information content (AvgIpc) is 2.68. The highest BCUT2D eigenvalue weighted by atomic mass is 32.2. The molecule has 0 bridgehead atoms. The fourth-order valence-electron chi connectivity index (χ4n) is 2.33. The molecule has 0 aliphatic carbocycles. The third-order valence-electron chi connectivity index (χ3n) is 3.87. The maximum absolute atomic E-state index is 12.4. The third-order valence-corrected chi connectivity index (χ3v) is 5.24. The molecule has 2 aromatic carbocycles. The van der Waals surface area contributed by atoms with E-state index in [0.29, 0.717) is 12.4 Å². The zero-order chi connectivity index (χ0) is 19.3. The lowest BCUT2D eigenvalue weighted by Gasteiger charge is -2.09. The first-order chi connectivity index (χ1) is 13.0. The molecule has 0 amide bonds. The van der Waals surface area contributed by atoms with Crippen LogP contribution in [0.3, 0.4) is 0 Å². The molecule has 0 atom stereocenters. The summed E-state index contributed by atoms with van der Waals surface area (Å²) in [5.41, 5.74) is 2.04. The van der Waals surface area contributed by atoms with Gasteiger partial charge in [0, 0.05) is 6.54 Å². The molecule has 27 heavy (non-hydrogen) atoms. The molecular weight excluding hydrogens is 364 g/mol. The van der Waals surface area contributed by atoms with Crippen LogP contribution >= 0.6 is 0 Å². The van der Waals surface area contributed by atoms with Crippen molar-refractivity contribution in [3.8, 4) is 5.75 Å². The van der Waals surface area contributed by atoms with Crippen LogP contribution in [-0.4, -0.2) is 25.7 Å². The fraction of sp³-hybridized carbons (Fsp3) is 0.158. The van der Waals surface area contributed by atoms with Gasteiger partial charge in [-0.3, -0.25) is 4.72 Å². The van der Waals surface area contributed by atoms with Gasteiger partial charge in [0.2, 0.25) is 0 Å². The second-order valence-corrected chi connectivity index (χ2v) is 7.61. The monoisotopic (exact) mass is 384 g/mol. The third kappa shape index (κ3) is 4.95. The SMILES string of the molecule is COc1ccc(CNc2ccc(NS(=O)(=O)c3ccc(C)cc3)nn2)cc1. The fourth-order valence-corrected chi connectivity index (χ4v) is 3.33. The highest BCUT2D eigenvalue weighted by Crippen LogP contribution is 2.16. The molecule has 0 aliphatic heterocycles. The number of methoxy groups -OCH3 is 1. The van der Waals surface area contributed by atoms with Crippen molar-refractivity contribution in [2.45, 2.75) is 18.4 Å². The van der Waals surface area contributed by atoms with Gasteiger partial charge in [0.25, 0.3) is 10.0 Å². The van der Waals surface area contributed by atoms with E-state index in [2.05, 4.69) is 20.2 Å². The molecule has 1 aromatic heterocycles. The summed E-state index contributed by atoms with van der Waals surface area (Å²) in [5, 5.41) is 11.1.